The van der Waals surface area contributed by atoms with Crippen LogP contribution in [0, 0.1) is 11.8 Å². The Balaban J connectivity index is 1.80. The van der Waals surface area contributed by atoms with Gasteiger partial charge in [0.2, 0.25) is 5.69 Å². The molecule has 0 spiro atoms. The zero-order valence-corrected chi connectivity index (χ0v) is 15.0. The van der Waals surface area contributed by atoms with Crippen LogP contribution in [0.3, 0.4) is 0 Å². The third-order valence-corrected chi connectivity index (χ3v) is 4.65. The lowest BCUT2D eigenvalue weighted by molar-refractivity contribution is -0.673. The Morgan fingerprint density at radius 3 is 2.89 bits per heavy atom. The lowest BCUT2D eigenvalue weighted by atomic mass is 9.96. The highest BCUT2D eigenvalue weighted by Gasteiger charge is 2.13. The maximum absolute atomic E-state index is 12.4. The van der Waals surface area contributed by atoms with Crippen LogP contribution in [-0.2, 0) is 18.3 Å². The Kier molecular flexibility index (Phi) is 4.43. The number of carbonyl (C=O) groups excluding carboxylic acids is 1. The molecule has 27 heavy (non-hydrogen) atoms. The molecule has 1 aliphatic rings. The second-order valence-electron chi connectivity index (χ2n) is 6.62. The molecule has 0 atom stereocenters. The summed E-state index contributed by atoms with van der Waals surface area (Å²) in [6.45, 7) is 0. The number of pyridine rings is 1. The van der Waals surface area contributed by atoms with Crippen molar-refractivity contribution in [1.82, 2.24) is 0 Å². The number of carbonyl (C=O) groups is 1. The minimum Gasteiger partial charge on any atom is -0.422 e. The van der Waals surface area contributed by atoms with Gasteiger partial charge in [0.1, 0.15) is 18.4 Å². The van der Waals surface area contributed by atoms with Crippen molar-refractivity contribution in [3.8, 4) is 11.8 Å². The molecule has 0 N–H and O–H groups in total. The largest absolute Gasteiger partial charge is 0.422 e. The highest BCUT2D eigenvalue weighted by Crippen LogP contribution is 2.22. The monoisotopic (exact) mass is 356 g/mol. The summed E-state index contributed by atoms with van der Waals surface area (Å²) in [5.74, 6) is 6.27. The molecule has 1 aromatic carbocycles. The van der Waals surface area contributed by atoms with Crippen molar-refractivity contribution in [3.63, 3.8) is 0 Å². The molecule has 0 saturated heterocycles. The normalized spacial score (nSPS) is 13.7. The van der Waals surface area contributed by atoms with Crippen LogP contribution < -0.4 is 10.2 Å². The third kappa shape index (κ3) is 3.58. The van der Waals surface area contributed by atoms with Crippen molar-refractivity contribution in [2.45, 2.75) is 19.3 Å². The smallest absolute Gasteiger partial charge is 0.343 e. The Labute approximate surface area is 156 Å². The summed E-state index contributed by atoms with van der Waals surface area (Å²) in [6.07, 6.45) is 6.99. The lowest BCUT2D eigenvalue weighted by Gasteiger charge is -2.08. The maximum atomic E-state index is 12.4. The maximum Gasteiger partial charge on any atom is 0.343 e. The summed E-state index contributed by atoms with van der Waals surface area (Å²) in [4.78, 5) is 24.4. The Morgan fingerprint density at radius 2 is 2.04 bits per heavy atom. The van der Waals surface area contributed by atoms with E-state index in [4.69, 9.17) is 4.42 Å². The fraction of sp³-hybridized carbons (Fsp3) is 0.174. The zero-order chi connectivity index (χ0) is 18.8. The second kappa shape index (κ2) is 7.05. The van der Waals surface area contributed by atoms with E-state index in [2.05, 4.69) is 11.8 Å². The van der Waals surface area contributed by atoms with Crippen LogP contribution in [0.25, 0.3) is 23.1 Å². The van der Waals surface area contributed by atoms with Crippen LogP contribution >= 0.6 is 0 Å². The van der Waals surface area contributed by atoms with Gasteiger partial charge >= 0.3 is 5.63 Å². The molecule has 2 aromatic heterocycles. The van der Waals surface area contributed by atoms with E-state index in [1.165, 1.54) is 0 Å². The zero-order valence-electron chi connectivity index (χ0n) is 15.0. The van der Waals surface area contributed by atoms with E-state index in [9.17, 15) is 9.59 Å². The van der Waals surface area contributed by atoms with E-state index in [1.54, 1.807) is 18.2 Å². The van der Waals surface area contributed by atoms with Gasteiger partial charge in [-0.05, 0) is 35.9 Å². The molecule has 4 rings (SSSR count). The van der Waals surface area contributed by atoms with Crippen molar-refractivity contribution in [1.29, 1.82) is 0 Å². The number of fused-ring (bicyclic) bond motifs is 2. The first kappa shape index (κ1) is 17.0. The van der Waals surface area contributed by atoms with Crippen LogP contribution in [0.5, 0.6) is 0 Å². The van der Waals surface area contributed by atoms with Gasteiger partial charge in [-0.1, -0.05) is 11.8 Å². The highest BCUT2D eigenvalue weighted by atomic mass is 16.4. The molecular weight excluding hydrogens is 338 g/mol. The van der Waals surface area contributed by atoms with Gasteiger partial charge < -0.3 is 4.42 Å². The highest BCUT2D eigenvalue weighted by molar-refractivity contribution is 5.87. The number of ketones is 1. The van der Waals surface area contributed by atoms with Crippen LogP contribution in [0.1, 0.15) is 35.2 Å². The van der Waals surface area contributed by atoms with Gasteiger partial charge in [-0.15, -0.1) is 0 Å². The molecular formula is C23H18NO3+. The number of aryl methyl sites for hydroxylation is 1. The molecule has 3 aromatic rings. The minimum absolute atomic E-state index is 0.179. The van der Waals surface area contributed by atoms with Gasteiger partial charge in [-0.3, -0.25) is 4.79 Å². The molecule has 0 saturated carbocycles. The van der Waals surface area contributed by atoms with E-state index >= 15 is 0 Å². The van der Waals surface area contributed by atoms with Gasteiger partial charge in [0.15, 0.2) is 6.20 Å². The summed E-state index contributed by atoms with van der Waals surface area (Å²) in [6, 6.07) is 11.3. The van der Waals surface area contributed by atoms with Crippen molar-refractivity contribution >= 4 is 28.9 Å². The standard InChI is InChI=1S/C23H18NO3/c1-24-11-5-4-7-20(24)10-9-17-12-19-13-18-14-21(25)8-3-2-6-16(18)15-22(19)27-23(17)26/h4-5,7,9-13,15H,3,8,14H2,1H3/q+1/b10-9+. The SMILES string of the molecule is C[n+]1ccccc1/C=C/c1cc2cc3c(cc2oc1=O)C#CCCC(=O)C3. The predicted octanol–water partition coefficient (Wildman–Crippen LogP) is 3.04. The summed E-state index contributed by atoms with van der Waals surface area (Å²) < 4.78 is 7.47. The van der Waals surface area contributed by atoms with Crippen molar-refractivity contribution in [2.75, 3.05) is 0 Å². The number of Topliss-reactive ketones (excluding diaryl/α,β-unsaturated/α-hetero) is 1. The van der Waals surface area contributed by atoms with Crippen LogP contribution in [0.15, 0.2) is 51.8 Å². The third-order valence-electron chi connectivity index (χ3n) is 4.65. The fourth-order valence-electron chi connectivity index (χ4n) is 3.15. The molecule has 0 amide bonds. The first-order valence-corrected chi connectivity index (χ1v) is 8.84. The van der Waals surface area contributed by atoms with Crippen LogP contribution in [0.2, 0.25) is 0 Å². The van der Waals surface area contributed by atoms with Gasteiger partial charge in [0.25, 0.3) is 0 Å². The minimum atomic E-state index is -0.396. The summed E-state index contributed by atoms with van der Waals surface area (Å²) in [5.41, 5.74) is 3.18. The number of hydrogen-bond donors (Lipinski definition) is 0. The molecule has 0 unspecified atom stereocenters. The van der Waals surface area contributed by atoms with E-state index in [0.717, 1.165) is 22.2 Å². The van der Waals surface area contributed by atoms with E-state index < -0.39 is 5.63 Å². The van der Waals surface area contributed by atoms with E-state index in [1.807, 2.05) is 48.2 Å². The summed E-state index contributed by atoms with van der Waals surface area (Å²) >= 11 is 0. The summed E-state index contributed by atoms with van der Waals surface area (Å²) in [5, 5.41) is 0.792. The molecule has 0 aliphatic heterocycles. The van der Waals surface area contributed by atoms with Crippen molar-refractivity contribution < 1.29 is 13.8 Å². The predicted molar refractivity (Wildman–Crippen MR) is 104 cm³/mol. The van der Waals surface area contributed by atoms with Crippen molar-refractivity contribution in [2.24, 2.45) is 7.05 Å². The fourth-order valence-corrected chi connectivity index (χ4v) is 3.15. The second-order valence-corrected chi connectivity index (χ2v) is 6.62. The number of nitrogens with zero attached hydrogens (tertiary/aromatic N) is 1. The topological polar surface area (TPSA) is 51.2 Å². The molecule has 132 valence electrons. The number of hydrogen-bond acceptors (Lipinski definition) is 3. The molecule has 1 aliphatic carbocycles. The first-order chi connectivity index (χ1) is 13.1. The van der Waals surface area contributed by atoms with Gasteiger partial charge in [0.05, 0.1) is 5.56 Å². The van der Waals surface area contributed by atoms with Crippen molar-refractivity contribution in [3.05, 3.63) is 75.4 Å². The number of benzene rings is 1. The van der Waals surface area contributed by atoms with Gasteiger partial charge in [0, 0.05) is 48.4 Å². The molecule has 2 heterocycles. The lowest BCUT2D eigenvalue weighted by Crippen LogP contribution is -2.30. The Bertz CT molecular complexity index is 1210. The Hall–Kier alpha value is -3.45. The van der Waals surface area contributed by atoms with Crippen LogP contribution in [0.4, 0.5) is 0 Å². The molecule has 0 radical (unpaired) electrons. The van der Waals surface area contributed by atoms with Gasteiger partial charge in [-0.25, -0.2) is 9.36 Å². The summed E-state index contributed by atoms with van der Waals surface area (Å²) in [7, 11) is 1.94. The average molecular weight is 356 g/mol. The van der Waals surface area contributed by atoms with Gasteiger partial charge in [-0.2, -0.15) is 0 Å². The van der Waals surface area contributed by atoms with Crippen LogP contribution in [-0.4, -0.2) is 5.78 Å². The molecule has 0 bridgehead atoms. The first-order valence-electron chi connectivity index (χ1n) is 8.84. The molecule has 4 nitrogen and oxygen atoms in total. The average Bonchev–Trinajstić information content (AvgIpc) is 2.64. The molecule has 0 fully saturated rings. The Morgan fingerprint density at radius 1 is 1.15 bits per heavy atom. The molecule has 4 heteroatoms. The number of rotatable bonds is 2. The quantitative estimate of drug-likeness (QED) is 0.403. The van der Waals surface area contributed by atoms with E-state index in [0.29, 0.717) is 30.4 Å². The van der Waals surface area contributed by atoms with E-state index in [-0.39, 0.29) is 5.78 Å². The number of aromatic nitrogens is 1.